The Bertz CT molecular complexity index is 398. The van der Waals surface area contributed by atoms with Gasteiger partial charge in [-0.2, -0.15) is 0 Å². The molecule has 4 nitrogen and oxygen atoms in total. The number of nitro benzene ring substituents is 1. The number of benzene rings is 1. The molecule has 98 valence electrons. The van der Waals surface area contributed by atoms with Crippen molar-refractivity contribution in [1.82, 2.24) is 0 Å². The van der Waals surface area contributed by atoms with Crippen molar-refractivity contribution in [2.45, 2.75) is 45.4 Å². The number of ketones is 1. The third kappa shape index (κ3) is 4.65. The second kappa shape index (κ2) is 7.58. The molecule has 0 aliphatic carbocycles. The minimum atomic E-state index is -0.459. The first kappa shape index (κ1) is 14.4. The summed E-state index contributed by atoms with van der Waals surface area (Å²) < 4.78 is 0. The fourth-order valence-corrected chi connectivity index (χ4v) is 1.80. The number of nitrogens with zero attached hydrogens (tertiary/aromatic N) is 1. The number of nitro groups is 1. The summed E-state index contributed by atoms with van der Waals surface area (Å²) in [6, 6.07) is 5.83. The lowest BCUT2D eigenvalue weighted by Crippen LogP contribution is -1.99. The minimum absolute atomic E-state index is 0.0227. The molecule has 18 heavy (non-hydrogen) atoms. The summed E-state index contributed by atoms with van der Waals surface area (Å²) in [6.07, 6.45) is 6.08. The highest BCUT2D eigenvalue weighted by Gasteiger charge is 2.08. The number of non-ortho nitro benzene ring substituents is 1. The summed E-state index contributed by atoms with van der Waals surface area (Å²) in [5.41, 5.74) is 0.589. The Balaban J connectivity index is 2.39. The normalized spacial score (nSPS) is 10.3. The van der Waals surface area contributed by atoms with E-state index in [4.69, 9.17) is 0 Å². The molecule has 0 bridgehead atoms. The molecule has 1 rings (SSSR count). The molecule has 0 aliphatic rings. The molecule has 0 unspecified atom stereocenters. The van der Waals surface area contributed by atoms with Crippen LogP contribution in [0.25, 0.3) is 0 Å². The maximum atomic E-state index is 11.8. The molecular formula is C14H19NO3. The second-order valence-corrected chi connectivity index (χ2v) is 4.39. The van der Waals surface area contributed by atoms with Crippen LogP contribution in [0.2, 0.25) is 0 Å². The summed E-state index contributed by atoms with van der Waals surface area (Å²) in [4.78, 5) is 21.8. The first-order valence-electron chi connectivity index (χ1n) is 6.42. The van der Waals surface area contributed by atoms with Crippen molar-refractivity contribution in [2.75, 3.05) is 0 Å². The molecular weight excluding hydrogens is 230 g/mol. The predicted molar refractivity (Wildman–Crippen MR) is 70.8 cm³/mol. The van der Waals surface area contributed by atoms with E-state index in [0.29, 0.717) is 12.0 Å². The van der Waals surface area contributed by atoms with Crippen LogP contribution in [0.4, 0.5) is 5.69 Å². The van der Waals surface area contributed by atoms with Crippen molar-refractivity contribution in [3.8, 4) is 0 Å². The van der Waals surface area contributed by atoms with Crippen LogP contribution < -0.4 is 0 Å². The van der Waals surface area contributed by atoms with Gasteiger partial charge in [0.25, 0.3) is 5.69 Å². The van der Waals surface area contributed by atoms with Crippen LogP contribution >= 0.6 is 0 Å². The van der Waals surface area contributed by atoms with E-state index < -0.39 is 4.92 Å². The molecule has 0 N–H and O–H groups in total. The Labute approximate surface area is 107 Å². The number of hydrogen-bond acceptors (Lipinski definition) is 3. The lowest BCUT2D eigenvalue weighted by Gasteiger charge is -2.01. The van der Waals surface area contributed by atoms with Gasteiger partial charge in [-0.25, -0.2) is 0 Å². The molecule has 0 saturated heterocycles. The summed E-state index contributed by atoms with van der Waals surface area (Å²) in [6.45, 7) is 2.15. The maximum absolute atomic E-state index is 11.8. The monoisotopic (exact) mass is 249 g/mol. The van der Waals surface area contributed by atoms with Gasteiger partial charge >= 0.3 is 0 Å². The van der Waals surface area contributed by atoms with E-state index in [1.807, 2.05) is 0 Å². The number of unbranched alkanes of at least 4 members (excludes halogenated alkanes) is 4. The van der Waals surface area contributed by atoms with Crippen LogP contribution in [0.5, 0.6) is 0 Å². The number of carbonyl (C=O) groups excluding carboxylic acids is 1. The zero-order valence-corrected chi connectivity index (χ0v) is 10.7. The minimum Gasteiger partial charge on any atom is -0.294 e. The van der Waals surface area contributed by atoms with E-state index in [-0.39, 0.29) is 11.5 Å². The Kier molecular flexibility index (Phi) is 6.05. The molecule has 0 heterocycles. The van der Waals surface area contributed by atoms with Gasteiger partial charge in [-0.3, -0.25) is 14.9 Å². The largest absolute Gasteiger partial charge is 0.294 e. The third-order valence-corrected chi connectivity index (χ3v) is 2.91. The molecule has 1 aromatic carbocycles. The lowest BCUT2D eigenvalue weighted by molar-refractivity contribution is -0.384. The SMILES string of the molecule is CCCCCCCC(=O)c1ccc([N+](=O)[O-])cc1. The van der Waals surface area contributed by atoms with Crippen LogP contribution in [-0.4, -0.2) is 10.7 Å². The Morgan fingerprint density at radius 3 is 2.28 bits per heavy atom. The molecule has 0 spiro atoms. The van der Waals surface area contributed by atoms with Gasteiger partial charge in [0, 0.05) is 24.1 Å². The van der Waals surface area contributed by atoms with Crippen LogP contribution in [-0.2, 0) is 0 Å². The summed E-state index contributed by atoms with van der Waals surface area (Å²) in [5.74, 6) is 0.0707. The molecule has 0 saturated carbocycles. The zero-order valence-electron chi connectivity index (χ0n) is 10.7. The Hall–Kier alpha value is -1.71. The summed E-state index contributed by atoms with van der Waals surface area (Å²) >= 11 is 0. The molecule has 0 aromatic heterocycles. The van der Waals surface area contributed by atoms with Gasteiger partial charge in [-0.15, -0.1) is 0 Å². The van der Waals surface area contributed by atoms with Gasteiger partial charge in [-0.1, -0.05) is 32.6 Å². The Morgan fingerprint density at radius 1 is 1.11 bits per heavy atom. The van der Waals surface area contributed by atoms with Crippen molar-refractivity contribution in [3.63, 3.8) is 0 Å². The number of carbonyl (C=O) groups is 1. The number of hydrogen-bond donors (Lipinski definition) is 0. The van der Waals surface area contributed by atoms with Crippen molar-refractivity contribution >= 4 is 11.5 Å². The van der Waals surface area contributed by atoms with E-state index in [1.165, 1.54) is 43.5 Å². The summed E-state index contributed by atoms with van der Waals surface area (Å²) in [5, 5.41) is 10.5. The fourth-order valence-electron chi connectivity index (χ4n) is 1.80. The van der Waals surface area contributed by atoms with Crippen molar-refractivity contribution in [1.29, 1.82) is 0 Å². The highest BCUT2D eigenvalue weighted by molar-refractivity contribution is 5.96. The predicted octanol–water partition coefficient (Wildman–Crippen LogP) is 4.14. The van der Waals surface area contributed by atoms with Gasteiger partial charge in [0.2, 0.25) is 0 Å². The van der Waals surface area contributed by atoms with E-state index in [9.17, 15) is 14.9 Å². The molecule has 4 heteroatoms. The van der Waals surface area contributed by atoms with E-state index in [0.717, 1.165) is 12.8 Å². The number of rotatable bonds is 8. The van der Waals surface area contributed by atoms with Crippen LogP contribution in [0.3, 0.4) is 0 Å². The van der Waals surface area contributed by atoms with E-state index >= 15 is 0 Å². The molecule has 0 fully saturated rings. The van der Waals surface area contributed by atoms with Crippen LogP contribution in [0.1, 0.15) is 55.8 Å². The topological polar surface area (TPSA) is 60.2 Å². The van der Waals surface area contributed by atoms with Crippen molar-refractivity contribution in [2.24, 2.45) is 0 Å². The molecule has 0 atom stereocenters. The maximum Gasteiger partial charge on any atom is 0.269 e. The quantitative estimate of drug-likeness (QED) is 0.301. The van der Waals surface area contributed by atoms with Gasteiger partial charge < -0.3 is 0 Å². The highest BCUT2D eigenvalue weighted by Crippen LogP contribution is 2.14. The highest BCUT2D eigenvalue weighted by atomic mass is 16.6. The second-order valence-electron chi connectivity index (χ2n) is 4.39. The average molecular weight is 249 g/mol. The van der Waals surface area contributed by atoms with Gasteiger partial charge in [-0.05, 0) is 18.6 Å². The average Bonchev–Trinajstić information content (AvgIpc) is 2.38. The van der Waals surface area contributed by atoms with Gasteiger partial charge in [0.05, 0.1) is 4.92 Å². The number of Topliss-reactive ketones (excluding diaryl/α,β-unsaturated/α-hetero) is 1. The zero-order chi connectivity index (χ0) is 13.4. The molecule has 1 aromatic rings. The first-order chi connectivity index (χ1) is 8.65. The smallest absolute Gasteiger partial charge is 0.269 e. The van der Waals surface area contributed by atoms with Crippen molar-refractivity contribution < 1.29 is 9.72 Å². The van der Waals surface area contributed by atoms with E-state index in [2.05, 4.69) is 6.92 Å². The lowest BCUT2D eigenvalue weighted by atomic mass is 10.0. The van der Waals surface area contributed by atoms with Gasteiger partial charge in [0.1, 0.15) is 0 Å². The molecule has 0 amide bonds. The van der Waals surface area contributed by atoms with Gasteiger partial charge in [0.15, 0.2) is 5.78 Å². The van der Waals surface area contributed by atoms with Crippen molar-refractivity contribution in [3.05, 3.63) is 39.9 Å². The van der Waals surface area contributed by atoms with E-state index in [1.54, 1.807) is 0 Å². The van der Waals surface area contributed by atoms with Crippen LogP contribution in [0.15, 0.2) is 24.3 Å². The Morgan fingerprint density at radius 2 is 1.72 bits per heavy atom. The summed E-state index contributed by atoms with van der Waals surface area (Å²) in [7, 11) is 0. The standard InChI is InChI=1S/C14H19NO3/c1-2-3-4-5-6-7-14(16)12-8-10-13(11-9-12)15(17)18/h8-11H,2-7H2,1H3. The fraction of sp³-hybridized carbons (Fsp3) is 0.500. The third-order valence-electron chi connectivity index (χ3n) is 2.91. The van der Waals surface area contributed by atoms with Crippen LogP contribution in [0, 0.1) is 10.1 Å². The molecule has 0 aliphatic heterocycles. The first-order valence-corrected chi connectivity index (χ1v) is 6.42. The molecule has 0 radical (unpaired) electrons.